The number of ether oxygens (including phenoxy) is 1. The minimum Gasteiger partial charge on any atom is -0.496 e. The number of rotatable bonds is 8. The number of nitrogens with zero attached hydrogens (tertiary/aromatic N) is 2. The van der Waals surface area contributed by atoms with Gasteiger partial charge in [0.1, 0.15) is 5.75 Å². The number of halogens is 1. The highest BCUT2D eigenvalue weighted by atomic mass is 35.5. The predicted octanol–water partition coefficient (Wildman–Crippen LogP) is 4.94. The molecule has 0 saturated carbocycles. The summed E-state index contributed by atoms with van der Waals surface area (Å²) in [4.78, 5) is 28.3. The Morgan fingerprint density at radius 1 is 1.16 bits per heavy atom. The Balaban J connectivity index is 1.54. The highest BCUT2D eigenvalue weighted by Crippen LogP contribution is 2.23. The number of aromatic nitrogens is 1. The zero-order chi connectivity index (χ0) is 21.8. The molecule has 160 valence electrons. The summed E-state index contributed by atoms with van der Waals surface area (Å²) >= 11 is 7.58. The van der Waals surface area contributed by atoms with Crippen LogP contribution in [-0.4, -0.2) is 22.5 Å². The van der Waals surface area contributed by atoms with Crippen LogP contribution in [0.2, 0.25) is 5.02 Å². The fourth-order valence-electron chi connectivity index (χ4n) is 3.48. The largest absolute Gasteiger partial charge is 0.496 e. The molecule has 0 saturated heterocycles. The lowest BCUT2D eigenvalue weighted by Gasteiger charge is -2.23. The van der Waals surface area contributed by atoms with Gasteiger partial charge in [-0.1, -0.05) is 35.9 Å². The van der Waals surface area contributed by atoms with Crippen molar-refractivity contribution >= 4 is 39.9 Å². The SMILES string of the molecule is COc1ccccc1CN(Cc1cccs1)C(=O)CCn1c(=O)oc2cc(Cl)ccc21. The van der Waals surface area contributed by atoms with Crippen LogP contribution in [0.5, 0.6) is 5.75 Å². The van der Waals surface area contributed by atoms with Crippen molar-refractivity contribution in [2.24, 2.45) is 0 Å². The molecule has 0 fully saturated rings. The number of hydrogen-bond donors (Lipinski definition) is 0. The second-order valence-electron chi connectivity index (χ2n) is 7.02. The van der Waals surface area contributed by atoms with Gasteiger partial charge in [-0.2, -0.15) is 0 Å². The number of hydrogen-bond acceptors (Lipinski definition) is 5. The normalized spacial score (nSPS) is 11.0. The molecule has 8 heteroatoms. The summed E-state index contributed by atoms with van der Waals surface area (Å²) in [6, 6.07) is 16.6. The maximum absolute atomic E-state index is 13.2. The van der Waals surface area contributed by atoms with E-state index in [-0.39, 0.29) is 18.9 Å². The molecule has 0 aliphatic rings. The number of carbonyl (C=O) groups is 1. The molecule has 4 rings (SSSR count). The van der Waals surface area contributed by atoms with Gasteiger partial charge in [0.2, 0.25) is 5.91 Å². The molecular formula is C23H21ClN2O4S. The van der Waals surface area contributed by atoms with Crippen LogP contribution in [0.4, 0.5) is 0 Å². The average molecular weight is 457 g/mol. The van der Waals surface area contributed by atoms with Crippen molar-refractivity contribution in [3.63, 3.8) is 0 Å². The third-order valence-electron chi connectivity index (χ3n) is 5.01. The van der Waals surface area contributed by atoms with Crippen LogP contribution in [0.1, 0.15) is 16.9 Å². The van der Waals surface area contributed by atoms with Gasteiger partial charge in [0.25, 0.3) is 0 Å². The van der Waals surface area contributed by atoms with E-state index in [2.05, 4.69) is 0 Å². The molecule has 0 aliphatic carbocycles. The lowest BCUT2D eigenvalue weighted by Crippen LogP contribution is -2.31. The van der Waals surface area contributed by atoms with Crippen LogP contribution < -0.4 is 10.5 Å². The standard InChI is InChI=1S/C23H21ClN2O4S/c1-29-20-7-3-2-5-16(20)14-25(15-18-6-4-12-31-18)22(27)10-11-26-19-9-8-17(24)13-21(19)30-23(26)28/h2-9,12-13H,10-11,14-15H2,1H3. The molecule has 0 radical (unpaired) electrons. The van der Waals surface area contributed by atoms with E-state index in [0.29, 0.717) is 29.2 Å². The first kappa shape index (κ1) is 21.2. The number of amides is 1. The molecule has 4 aromatic rings. The number of thiophene rings is 1. The van der Waals surface area contributed by atoms with Crippen LogP contribution >= 0.6 is 22.9 Å². The molecular weight excluding hydrogens is 436 g/mol. The monoisotopic (exact) mass is 456 g/mol. The first-order valence-corrected chi connectivity index (χ1v) is 11.0. The summed E-state index contributed by atoms with van der Waals surface area (Å²) < 4.78 is 12.2. The highest BCUT2D eigenvalue weighted by molar-refractivity contribution is 7.09. The number of benzene rings is 2. The van der Waals surface area contributed by atoms with Gasteiger partial charge in [-0.05, 0) is 29.6 Å². The second-order valence-corrected chi connectivity index (χ2v) is 8.49. The smallest absolute Gasteiger partial charge is 0.419 e. The molecule has 0 spiro atoms. The van der Waals surface area contributed by atoms with E-state index in [4.69, 9.17) is 20.8 Å². The Bertz CT molecular complexity index is 1250. The first-order chi connectivity index (χ1) is 15.0. The second kappa shape index (κ2) is 9.41. The van der Waals surface area contributed by atoms with Gasteiger partial charge < -0.3 is 14.1 Å². The molecule has 0 atom stereocenters. The number of carbonyl (C=O) groups excluding carboxylic acids is 1. The maximum Gasteiger partial charge on any atom is 0.419 e. The Morgan fingerprint density at radius 2 is 2.00 bits per heavy atom. The fourth-order valence-corrected chi connectivity index (χ4v) is 4.36. The zero-order valence-electron chi connectivity index (χ0n) is 16.9. The number of oxazole rings is 1. The number of methoxy groups -OCH3 is 1. The van der Waals surface area contributed by atoms with Crippen molar-refractivity contribution < 1.29 is 13.9 Å². The summed E-state index contributed by atoms with van der Waals surface area (Å²) in [6.45, 7) is 1.13. The molecule has 2 aromatic carbocycles. The van der Waals surface area contributed by atoms with Crippen molar-refractivity contribution in [2.45, 2.75) is 26.1 Å². The zero-order valence-corrected chi connectivity index (χ0v) is 18.5. The van der Waals surface area contributed by atoms with Gasteiger partial charge in [-0.3, -0.25) is 9.36 Å². The lowest BCUT2D eigenvalue weighted by atomic mass is 10.1. The van der Waals surface area contributed by atoms with Gasteiger partial charge in [0.15, 0.2) is 5.58 Å². The number of fused-ring (bicyclic) bond motifs is 1. The van der Waals surface area contributed by atoms with Gasteiger partial charge in [0.05, 0.1) is 19.2 Å². The predicted molar refractivity (Wildman–Crippen MR) is 122 cm³/mol. The fraction of sp³-hybridized carbons (Fsp3) is 0.217. The van der Waals surface area contributed by atoms with E-state index < -0.39 is 5.76 Å². The maximum atomic E-state index is 13.2. The molecule has 31 heavy (non-hydrogen) atoms. The van der Waals surface area contributed by atoms with E-state index in [1.54, 1.807) is 41.5 Å². The lowest BCUT2D eigenvalue weighted by molar-refractivity contribution is -0.132. The van der Waals surface area contributed by atoms with Crippen molar-refractivity contribution in [1.82, 2.24) is 9.47 Å². The summed E-state index contributed by atoms with van der Waals surface area (Å²) in [7, 11) is 1.62. The topological polar surface area (TPSA) is 64.7 Å². The van der Waals surface area contributed by atoms with Crippen LogP contribution in [0.3, 0.4) is 0 Å². The third kappa shape index (κ3) is 4.84. The molecule has 0 unspecified atom stereocenters. The minimum atomic E-state index is -0.500. The van der Waals surface area contributed by atoms with E-state index in [1.807, 2.05) is 41.8 Å². The van der Waals surface area contributed by atoms with Crippen LogP contribution in [0.15, 0.2) is 69.2 Å². The Kier molecular flexibility index (Phi) is 6.44. The molecule has 2 heterocycles. The quantitative estimate of drug-likeness (QED) is 0.377. The van der Waals surface area contributed by atoms with E-state index >= 15 is 0 Å². The van der Waals surface area contributed by atoms with Gasteiger partial charge in [0, 0.05) is 41.0 Å². The van der Waals surface area contributed by atoms with Crippen molar-refractivity contribution in [1.29, 1.82) is 0 Å². The van der Waals surface area contributed by atoms with Crippen LogP contribution in [0.25, 0.3) is 11.1 Å². The summed E-state index contributed by atoms with van der Waals surface area (Å²) in [5.41, 5.74) is 1.96. The van der Waals surface area contributed by atoms with Gasteiger partial charge in [-0.15, -0.1) is 11.3 Å². The van der Waals surface area contributed by atoms with Gasteiger partial charge >= 0.3 is 5.76 Å². The third-order valence-corrected chi connectivity index (χ3v) is 6.11. The molecule has 0 bridgehead atoms. The Labute approximate surface area is 188 Å². The van der Waals surface area contributed by atoms with Crippen molar-refractivity contribution in [3.8, 4) is 5.75 Å². The van der Waals surface area contributed by atoms with E-state index in [1.165, 1.54) is 4.57 Å². The number of aryl methyl sites for hydroxylation is 1. The van der Waals surface area contributed by atoms with Crippen LogP contribution in [-0.2, 0) is 24.4 Å². The minimum absolute atomic E-state index is 0.0606. The van der Waals surface area contributed by atoms with Crippen molar-refractivity contribution in [2.75, 3.05) is 7.11 Å². The molecule has 0 N–H and O–H groups in total. The molecule has 0 aliphatic heterocycles. The van der Waals surface area contributed by atoms with Crippen molar-refractivity contribution in [3.05, 3.63) is 86.0 Å². The molecule has 1 amide bonds. The average Bonchev–Trinajstić information content (AvgIpc) is 3.38. The number of para-hydroxylation sites is 1. The summed E-state index contributed by atoms with van der Waals surface area (Å²) in [6.07, 6.45) is 0.164. The van der Waals surface area contributed by atoms with E-state index in [0.717, 1.165) is 16.2 Å². The van der Waals surface area contributed by atoms with Gasteiger partial charge in [-0.25, -0.2) is 4.79 Å². The first-order valence-electron chi connectivity index (χ1n) is 9.76. The van der Waals surface area contributed by atoms with E-state index in [9.17, 15) is 9.59 Å². The van der Waals surface area contributed by atoms with Crippen LogP contribution in [0, 0.1) is 0 Å². The Hall–Kier alpha value is -3.03. The Morgan fingerprint density at radius 3 is 2.77 bits per heavy atom. The summed E-state index contributed by atoms with van der Waals surface area (Å²) in [5, 5.41) is 2.48. The highest BCUT2D eigenvalue weighted by Gasteiger charge is 2.19. The molecule has 6 nitrogen and oxygen atoms in total. The summed E-state index contributed by atoms with van der Waals surface area (Å²) in [5.74, 6) is 0.175. The molecule has 2 aromatic heterocycles.